The third-order valence-corrected chi connectivity index (χ3v) is 6.10. The number of esters is 1. The number of fused-ring (bicyclic) bond motifs is 3. The summed E-state index contributed by atoms with van der Waals surface area (Å²) in [6.45, 7) is 3.52. The third kappa shape index (κ3) is 6.32. The second-order valence-corrected chi connectivity index (χ2v) is 9.11. The topological polar surface area (TPSA) is 156 Å². The molecule has 0 fully saturated rings. The molecule has 3 rings (SSSR count). The summed E-state index contributed by atoms with van der Waals surface area (Å²) < 4.78 is 10.3. The predicted molar refractivity (Wildman–Crippen MR) is 135 cm³/mol. The van der Waals surface area contributed by atoms with Crippen molar-refractivity contribution < 1.29 is 23.9 Å². The van der Waals surface area contributed by atoms with Crippen molar-refractivity contribution in [2.75, 3.05) is 20.3 Å². The Morgan fingerprint density at radius 1 is 1.06 bits per heavy atom. The first kappa shape index (κ1) is 26.5. The summed E-state index contributed by atoms with van der Waals surface area (Å²) in [6.07, 6.45) is -0.0168. The Bertz CT molecular complexity index is 1090. The minimum absolute atomic E-state index is 0.104. The third-order valence-electron chi connectivity index (χ3n) is 6.10. The fraction of sp³-hybridized carbons (Fsp3) is 0.385. The average Bonchev–Trinajstić information content (AvgIpc) is 3.17. The van der Waals surface area contributed by atoms with E-state index in [4.69, 9.17) is 20.6 Å². The lowest BCUT2D eigenvalue weighted by Crippen LogP contribution is -2.58. The molecule has 0 saturated carbocycles. The molecule has 10 nitrogen and oxygen atoms in total. The van der Waals surface area contributed by atoms with Crippen LogP contribution in [-0.4, -0.2) is 55.8 Å². The van der Waals surface area contributed by atoms with Gasteiger partial charge in [0.15, 0.2) is 5.96 Å². The first-order chi connectivity index (χ1) is 17.1. The zero-order chi connectivity index (χ0) is 26.3. The van der Waals surface area contributed by atoms with Crippen molar-refractivity contribution in [2.45, 2.75) is 44.2 Å². The number of guanidine groups is 1. The molecule has 2 aromatic carbocycles. The van der Waals surface area contributed by atoms with Crippen molar-refractivity contribution in [1.82, 2.24) is 16.0 Å². The van der Waals surface area contributed by atoms with Crippen LogP contribution in [0.5, 0.6) is 0 Å². The monoisotopic (exact) mass is 495 g/mol. The molecule has 0 aromatic heterocycles. The van der Waals surface area contributed by atoms with Crippen molar-refractivity contribution in [3.63, 3.8) is 0 Å². The lowest BCUT2D eigenvalue weighted by atomic mass is 9.98. The first-order valence-electron chi connectivity index (χ1n) is 11.7. The van der Waals surface area contributed by atoms with Gasteiger partial charge in [0, 0.05) is 12.5 Å². The van der Waals surface area contributed by atoms with Gasteiger partial charge in [-0.3, -0.25) is 10.2 Å². The largest absolute Gasteiger partial charge is 0.467 e. The van der Waals surface area contributed by atoms with Gasteiger partial charge in [-0.2, -0.15) is 0 Å². The van der Waals surface area contributed by atoms with Gasteiger partial charge in [0.05, 0.1) is 7.11 Å². The number of benzene rings is 2. The molecule has 2 aromatic rings. The van der Waals surface area contributed by atoms with E-state index in [-0.39, 0.29) is 24.9 Å². The number of carbonyl (C=O) groups excluding carboxylic acids is 3. The first-order valence-corrected chi connectivity index (χ1v) is 11.7. The number of methoxy groups -OCH3 is 1. The molecular formula is C26H33N5O5. The van der Waals surface area contributed by atoms with Gasteiger partial charge in [-0.1, -0.05) is 48.5 Å². The highest BCUT2D eigenvalue weighted by Gasteiger charge is 2.34. The van der Waals surface area contributed by atoms with Crippen LogP contribution in [0.25, 0.3) is 11.1 Å². The zero-order valence-corrected chi connectivity index (χ0v) is 20.7. The highest BCUT2D eigenvalue weighted by atomic mass is 16.5. The van der Waals surface area contributed by atoms with E-state index in [9.17, 15) is 14.4 Å². The Morgan fingerprint density at radius 2 is 1.64 bits per heavy atom. The van der Waals surface area contributed by atoms with Gasteiger partial charge < -0.3 is 31.2 Å². The SMILES string of the molecule is COC(=O)[C@H](CCCNC(=N)N)NC(=O)C(C)(C)NC(=O)OCC1c2ccccc2-c2ccccc21. The zero-order valence-electron chi connectivity index (χ0n) is 20.7. The van der Waals surface area contributed by atoms with E-state index in [1.165, 1.54) is 21.0 Å². The van der Waals surface area contributed by atoms with Gasteiger partial charge in [0.2, 0.25) is 5.91 Å². The normalized spacial score (nSPS) is 13.1. The van der Waals surface area contributed by atoms with Crippen molar-refractivity contribution in [3.05, 3.63) is 59.7 Å². The van der Waals surface area contributed by atoms with Crippen LogP contribution in [0.2, 0.25) is 0 Å². The Hall–Kier alpha value is -4.08. The molecule has 0 spiro atoms. The Morgan fingerprint density at radius 3 is 2.19 bits per heavy atom. The molecular weight excluding hydrogens is 462 g/mol. The second kappa shape index (κ2) is 11.6. The van der Waals surface area contributed by atoms with E-state index in [0.29, 0.717) is 13.0 Å². The maximum atomic E-state index is 12.9. The maximum absolute atomic E-state index is 12.9. The molecule has 0 unspecified atom stereocenters. The Balaban J connectivity index is 1.58. The second-order valence-electron chi connectivity index (χ2n) is 9.11. The van der Waals surface area contributed by atoms with Crippen LogP contribution in [0.15, 0.2) is 48.5 Å². The molecule has 2 amide bonds. The molecule has 36 heavy (non-hydrogen) atoms. The van der Waals surface area contributed by atoms with Crippen LogP contribution < -0.4 is 21.7 Å². The van der Waals surface area contributed by atoms with Crippen LogP contribution in [0, 0.1) is 5.41 Å². The fourth-order valence-electron chi connectivity index (χ4n) is 4.21. The fourth-order valence-corrected chi connectivity index (χ4v) is 4.21. The van der Waals surface area contributed by atoms with Crippen LogP contribution in [0.1, 0.15) is 43.7 Å². The van der Waals surface area contributed by atoms with Gasteiger partial charge in [-0.05, 0) is 48.9 Å². The molecule has 10 heteroatoms. The maximum Gasteiger partial charge on any atom is 0.408 e. The van der Waals surface area contributed by atoms with Gasteiger partial charge >= 0.3 is 12.1 Å². The Labute approximate surface area is 210 Å². The summed E-state index contributed by atoms with van der Waals surface area (Å²) in [6, 6.07) is 15.1. The van der Waals surface area contributed by atoms with Crippen molar-refractivity contribution in [3.8, 4) is 11.1 Å². The highest BCUT2D eigenvalue weighted by molar-refractivity contribution is 5.92. The van der Waals surface area contributed by atoms with E-state index in [0.717, 1.165) is 22.3 Å². The van der Waals surface area contributed by atoms with Gasteiger partial charge in [0.1, 0.15) is 18.2 Å². The van der Waals surface area contributed by atoms with Crippen molar-refractivity contribution in [1.29, 1.82) is 5.41 Å². The summed E-state index contributed by atoms with van der Waals surface area (Å²) >= 11 is 0. The van der Waals surface area contributed by atoms with E-state index >= 15 is 0 Å². The standard InChI is InChI=1S/C26H33N5O5/c1-26(2,23(33)30-21(22(32)35-3)13-8-14-29-24(27)28)31-25(34)36-15-20-18-11-6-4-9-16(18)17-10-5-7-12-19(17)20/h4-7,9-12,20-21H,8,13-15H2,1-3H3,(H,30,33)(H,31,34)(H4,27,28,29)/t21-/m0/s1. The number of nitrogens with two attached hydrogens (primary N) is 1. The number of nitrogens with one attached hydrogen (secondary N) is 4. The minimum atomic E-state index is -1.35. The van der Waals surface area contributed by atoms with E-state index in [1.54, 1.807) is 0 Å². The van der Waals surface area contributed by atoms with Crippen LogP contribution in [0.3, 0.4) is 0 Å². The van der Waals surface area contributed by atoms with Gasteiger partial charge in [-0.15, -0.1) is 0 Å². The summed E-state index contributed by atoms with van der Waals surface area (Å²) in [5, 5.41) is 15.0. The smallest absolute Gasteiger partial charge is 0.408 e. The van der Waals surface area contributed by atoms with Gasteiger partial charge in [-0.25, -0.2) is 9.59 Å². The van der Waals surface area contributed by atoms with Crippen LogP contribution >= 0.6 is 0 Å². The number of ether oxygens (including phenoxy) is 2. The number of hydrogen-bond donors (Lipinski definition) is 5. The Kier molecular flexibility index (Phi) is 8.52. The number of amides is 2. The van der Waals surface area contributed by atoms with E-state index in [2.05, 4.69) is 28.1 Å². The van der Waals surface area contributed by atoms with E-state index in [1.807, 2.05) is 36.4 Å². The summed E-state index contributed by atoms with van der Waals surface area (Å²) in [4.78, 5) is 37.7. The van der Waals surface area contributed by atoms with Crippen molar-refractivity contribution >= 4 is 23.9 Å². The van der Waals surface area contributed by atoms with Crippen LogP contribution in [0.4, 0.5) is 4.79 Å². The lowest BCUT2D eigenvalue weighted by molar-refractivity contribution is -0.146. The highest BCUT2D eigenvalue weighted by Crippen LogP contribution is 2.44. The van der Waals surface area contributed by atoms with Crippen LogP contribution in [-0.2, 0) is 19.1 Å². The number of rotatable bonds is 10. The molecule has 0 aliphatic heterocycles. The summed E-state index contributed by atoms with van der Waals surface area (Å²) in [7, 11) is 1.23. The molecule has 192 valence electrons. The molecule has 6 N–H and O–H groups in total. The molecule has 1 atom stereocenters. The minimum Gasteiger partial charge on any atom is -0.467 e. The van der Waals surface area contributed by atoms with Crippen molar-refractivity contribution in [2.24, 2.45) is 5.73 Å². The predicted octanol–water partition coefficient (Wildman–Crippen LogP) is 2.22. The summed E-state index contributed by atoms with van der Waals surface area (Å²) in [5.41, 5.74) is 8.31. The van der Waals surface area contributed by atoms with E-state index < -0.39 is 29.6 Å². The molecule has 0 radical (unpaired) electrons. The molecule has 1 aliphatic carbocycles. The lowest BCUT2D eigenvalue weighted by Gasteiger charge is -2.27. The molecule has 0 bridgehead atoms. The van der Waals surface area contributed by atoms with Gasteiger partial charge in [0.25, 0.3) is 0 Å². The molecule has 1 aliphatic rings. The number of alkyl carbamates (subject to hydrolysis) is 1. The number of hydrogen-bond acceptors (Lipinski definition) is 6. The molecule has 0 heterocycles. The average molecular weight is 496 g/mol. The summed E-state index contributed by atoms with van der Waals surface area (Å²) in [5.74, 6) is -1.46. The molecule has 0 saturated heterocycles. The number of carbonyl (C=O) groups is 3. The quantitative estimate of drug-likeness (QED) is 0.146.